The lowest BCUT2D eigenvalue weighted by molar-refractivity contribution is 0.0184. The van der Waals surface area contributed by atoms with Crippen LogP contribution in [0.25, 0.3) is 0 Å². The standard InChI is InChI=1S/C15H30N2O2S/c1-6-12(11-20-5)16-13-8-7-9-17(10-13)14(18)19-15(2,3)4/h12-13,16H,6-11H2,1-5H3. The smallest absolute Gasteiger partial charge is 0.410 e. The first kappa shape index (κ1) is 17.6. The molecule has 1 heterocycles. The van der Waals surface area contributed by atoms with Crippen molar-refractivity contribution >= 4 is 17.9 Å². The minimum Gasteiger partial charge on any atom is -0.444 e. The molecule has 118 valence electrons. The molecule has 0 bridgehead atoms. The summed E-state index contributed by atoms with van der Waals surface area (Å²) >= 11 is 1.87. The van der Waals surface area contributed by atoms with Gasteiger partial charge in [0.25, 0.3) is 0 Å². The van der Waals surface area contributed by atoms with E-state index in [1.807, 2.05) is 37.4 Å². The molecular formula is C15H30N2O2S. The first-order valence-corrected chi connectivity index (χ1v) is 8.98. The molecule has 0 spiro atoms. The zero-order valence-electron chi connectivity index (χ0n) is 13.6. The molecule has 0 aromatic heterocycles. The normalized spacial score (nSPS) is 21.6. The number of ether oxygens (including phenoxy) is 1. The molecule has 0 aliphatic carbocycles. The van der Waals surface area contributed by atoms with Gasteiger partial charge in [-0.1, -0.05) is 6.92 Å². The number of piperidine rings is 1. The van der Waals surface area contributed by atoms with Crippen LogP contribution in [0, 0.1) is 0 Å². The van der Waals surface area contributed by atoms with Crippen molar-refractivity contribution in [2.24, 2.45) is 0 Å². The minimum atomic E-state index is -0.414. The Kier molecular flexibility index (Phi) is 7.17. The maximum absolute atomic E-state index is 12.1. The Morgan fingerprint density at radius 1 is 1.50 bits per heavy atom. The summed E-state index contributed by atoms with van der Waals surface area (Å²) in [6, 6.07) is 0.932. The molecular weight excluding hydrogens is 272 g/mol. The van der Waals surface area contributed by atoms with E-state index in [4.69, 9.17) is 4.74 Å². The van der Waals surface area contributed by atoms with E-state index in [1.165, 1.54) is 0 Å². The zero-order chi connectivity index (χ0) is 15.2. The van der Waals surface area contributed by atoms with E-state index < -0.39 is 5.60 Å². The summed E-state index contributed by atoms with van der Waals surface area (Å²) in [5.41, 5.74) is -0.414. The van der Waals surface area contributed by atoms with Gasteiger partial charge < -0.3 is 15.0 Å². The van der Waals surface area contributed by atoms with Gasteiger partial charge in [0.1, 0.15) is 5.60 Å². The van der Waals surface area contributed by atoms with Crippen molar-refractivity contribution in [2.45, 2.75) is 64.6 Å². The van der Waals surface area contributed by atoms with Crippen molar-refractivity contribution in [3.05, 3.63) is 0 Å². The largest absolute Gasteiger partial charge is 0.444 e. The molecule has 1 rings (SSSR count). The Morgan fingerprint density at radius 3 is 2.75 bits per heavy atom. The average Bonchev–Trinajstić information content (AvgIpc) is 2.36. The average molecular weight is 302 g/mol. The summed E-state index contributed by atoms with van der Waals surface area (Å²) < 4.78 is 5.46. The summed E-state index contributed by atoms with van der Waals surface area (Å²) in [6.07, 6.45) is 5.28. The number of rotatable bonds is 5. The lowest BCUT2D eigenvalue weighted by atomic mass is 10.0. The molecule has 2 atom stereocenters. The Hall–Kier alpha value is -0.420. The Bertz CT molecular complexity index is 305. The minimum absolute atomic E-state index is 0.179. The molecule has 0 radical (unpaired) electrons. The van der Waals surface area contributed by atoms with Crippen LogP contribution < -0.4 is 5.32 Å². The molecule has 1 amide bonds. The van der Waals surface area contributed by atoms with Gasteiger partial charge >= 0.3 is 6.09 Å². The monoisotopic (exact) mass is 302 g/mol. The number of carbonyl (C=O) groups excluding carboxylic acids is 1. The molecule has 2 unspecified atom stereocenters. The van der Waals surface area contributed by atoms with Crippen molar-refractivity contribution < 1.29 is 9.53 Å². The lowest BCUT2D eigenvalue weighted by Crippen LogP contribution is -2.52. The third-order valence-corrected chi connectivity index (χ3v) is 4.14. The first-order chi connectivity index (χ1) is 9.35. The first-order valence-electron chi connectivity index (χ1n) is 7.58. The molecule has 4 nitrogen and oxygen atoms in total. The quantitative estimate of drug-likeness (QED) is 0.847. The highest BCUT2D eigenvalue weighted by Crippen LogP contribution is 2.16. The van der Waals surface area contributed by atoms with Gasteiger partial charge in [0.2, 0.25) is 0 Å². The molecule has 0 saturated carbocycles. The second-order valence-electron chi connectivity index (χ2n) is 6.49. The molecule has 1 saturated heterocycles. The molecule has 1 aliphatic heterocycles. The topological polar surface area (TPSA) is 41.6 Å². The number of amides is 1. The maximum Gasteiger partial charge on any atom is 0.410 e. The van der Waals surface area contributed by atoms with Crippen LogP contribution in [0.3, 0.4) is 0 Å². The Balaban J connectivity index is 2.47. The number of thioether (sulfide) groups is 1. The van der Waals surface area contributed by atoms with Crippen LogP contribution >= 0.6 is 11.8 Å². The molecule has 1 aliphatic rings. The molecule has 20 heavy (non-hydrogen) atoms. The summed E-state index contributed by atoms with van der Waals surface area (Å²) in [5, 5.41) is 3.68. The van der Waals surface area contributed by atoms with E-state index in [-0.39, 0.29) is 6.09 Å². The van der Waals surface area contributed by atoms with Crippen molar-refractivity contribution in [1.82, 2.24) is 10.2 Å². The summed E-state index contributed by atoms with van der Waals surface area (Å²) in [5.74, 6) is 1.12. The van der Waals surface area contributed by atoms with Crippen molar-refractivity contribution in [1.29, 1.82) is 0 Å². The van der Waals surface area contributed by atoms with Gasteiger partial charge in [-0.05, 0) is 46.3 Å². The van der Waals surface area contributed by atoms with Crippen LogP contribution in [0.4, 0.5) is 4.79 Å². The fourth-order valence-corrected chi connectivity index (χ4v) is 3.16. The van der Waals surface area contributed by atoms with Gasteiger partial charge in [0.05, 0.1) is 0 Å². The van der Waals surface area contributed by atoms with Crippen LogP contribution in [0.5, 0.6) is 0 Å². The summed E-state index contributed by atoms with van der Waals surface area (Å²) in [6.45, 7) is 9.52. The third kappa shape index (κ3) is 6.35. The van der Waals surface area contributed by atoms with Gasteiger partial charge in [-0.3, -0.25) is 0 Å². The fourth-order valence-electron chi connectivity index (χ4n) is 2.42. The molecule has 1 fully saturated rings. The van der Waals surface area contributed by atoms with Crippen LogP contribution in [-0.2, 0) is 4.74 Å². The number of hydrogen-bond donors (Lipinski definition) is 1. The summed E-state index contributed by atoms with van der Waals surface area (Å²) in [4.78, 5) is 14.0. The van der Waals surface area contributed by atoms with E-state index in [1.54, 1.807) is 0 Å². The number of nitrogens with zero attached hydrogens (tertiary/aromatic N) is 1. The predicted molar refractivity (Wildman–Crippen MR) is 86.4 cm³/mol. The van der Waals surface area contributed by atoms with E-state index >= 15 is 0 Å². The molecule has 1 N–H and O–H groups in total. The SMILES string of the molecule is CCC(CSC)NC1CCCN(C(=O)OC(C)(C)C)C1. The van der Waals surface area contributed by atoms with Gasteiger partial charge in [0.15, 0.2) is 0 Å². The van der Waals surface area contributed by atoms with Crippen LogP contribution in [0.15, 0.2) is 0 Å². The van der Waals surface area contributed by atoms with Crippen molar-refractivity contribution in [2.75, 3.05) is 25.1 Å². The van der Waals surface area contributed by atoms with E-state index in [0.717, 1.165) is 38.1 Å². The summed E-state index contributed by atoms with van der Waals surface area (Å²) in [7, 11) is 0. The Morgan fingerprint density at radius 2 is 2.20 bits per heavy atom. The lowest BCUT2D eigenvalue weighted by Gasteiger charge is -2.36. The van der Waals surface area contributed by atoms with Gasteiger partial charge in [-0.2, -0.15) is 11.8 Å². The zero-order valence-corrected chi connectivity index (χ0v) is 14.4. The van der Waals surface area contributed by atoms with E-state index in [0.29, 0.717) is 12.1 Å². The van der Waals surface area contributed by atoms with Crippen LogP contribution in [0.2, 0.25) is 0 Å². The highest BCUT2D eigenvalue weighted by Gasteiger charge is 2.28. The highest BCUT2D eigenvalue weighted by molar-refractivity contribution is 7.98. The number of likely N-dealkylation sites (tertiary alicyclic amines) is 1. The van der Waals surface area contributed by atoms with E-state index in [2.05, 4.69) is 18.5 Å². The van der Waals surface area contributed by atoms with E-state index in [9.17, 15) is 4.79 Å². The van der Waals surface area contributed by atoms with Crippen molar-refractivity contribution in [3.8, 4) is 0 Å². The fraction of sp³-hybridized carbons (Fsp3) is 0.933. The number of carbonyl (C=O) groups is 1. The third-order valence-electron chi connectivity index (χ3n) is 3.41. The van der Waals surface area contributed by atoms with Gasteiger partial charge in [-0.25, -0.2) is 4.79 Å². The van der Waals surface area contributed by atoms with Crippen LogP contribution in [0.1, 0.15) is 47.0 Å². The highest BCUT2D eigenvalue weighted by atomic mass is 32.2. The van der Waals surface area contributed by atoms with Gasteiger partial charge in [-0.15, -0.1) is 0 Å². The predicted octanol–water partition coefficient (Wildman–Crippen LogP) is 3.12. The Labute approximate surface area is 128 Å². The van der Waals surface area contributed by atoms with Crippen molar-refractivity contribution in [3.63, 3.8) is 0 Å². The second kappa shape index (κ2) is 8.13. The van der Waals surface area contributed by atoms with Crippen LogP contribution in [-0.4, -0.2) is 53.8 Å². The van der Waals surface area contributed by atoms with Gasteiger partial charge in [0, 0.05) is 30.9 Å². The second-order valence-corrected chi connectivity index (χ2v) is 7.40. The molecule has 0 aromatic carbocycles. The molecule has 5 heteroatoms. The number of hydrogen-bond acceptors (Lipinski definition) is 4. The molecule has 0 aromatic rings. The maximum atomic E-state index is 12.1. The number of nitrogens with one attached hydrogen (secondary N) is 1.